The van der Waals surface area contributed by atoms with Crippen molar-refractivity contribution < 1.29 is 8.76 Å². The van der Waals surface area contributed by atoms with Gasteiger partial charge in [-0.3, -0.25) is 4.68 Å². The van der Waals surface area contributed by atoms with Crippen molar-refractivity contribution in [2.24, 2.45) is 7.05 Å². The van der Waals surface area contributed by atoms with Gasteiger partial charge < -0.3 is 4.55 Å². The molecule has 0 saturated carbocycles. The van der Waals surface area contributed by atoms with E-state index in [1.807, 2.05) is 0 Å². The van der Waals surface area contributed by atoms with Gasteiger partial charge in [0.2, 0.25) is 11.1 Å². The molecule has 1 atom stereocenters. The van der Waals surface area contributed by atoms with E-state index in [-0.39, 0.29) is 34.6 Å². The first-order valence-corrected chi connectivity index (χ1v) is 3.83. The quantitative estimate of drug-likeness (QED) is 0.480. The van der Waals surface area contributed by atoms with E-state index >= 15 is 0 Å². The zero-order valence-corrected chi connectivity index (χ0v) is 6.55. The Balaban J connectivity index is 0.000001000. The molecule has 0 aromatic carbocycles. The van der Waals surface area contributed by atoms with Gasteiger partial charge in [0.25, 0.3) is 0 Å². The molecule has 1 N–H and O–H groups in total. The van der Waals surface area contributed by atoms with E-state index in [2.05, 4.69) is 5.10 Å². The summed E-state index contributed by atoms with van der Waals surface area (Å²) in [5, 5.41) is 4.01. The third-order valence-electron chi connectivity index (χ3n) is 1.13. The Labute approximate surface area is 89.6 Å². The SMILES string of the molecule is Cc1cn(C)nc1S(=O)O.[NaH]. The summed E-state index contributed by atoms with van der Waals surface area (Å²) in [6.45, 7) is 1.75. The first kappa shape index (κ1) is 11.3. The summed E-state index contributed by atoms with van der Waals surface area (Å²) >= 11 is -1.95. The Hall–Kier alpha value is 0.320. The molecule has 0 aliphatic carbocycles. The molecule has 1 aromatic rings. The van der Waals surface area contributed by atoms with Crippen molar-refractivity contribution in [3.05, 3.63) is 11.8 Å². The van der Waals surface area contributed by atoms with Crippen molar-refractivity contribution >= 4 is 40.6 Å². The molecule has 0 saturated heterocycles. The molecular weight excluding hydrogens is 175 g/mol. The zero-order chi connectivity index (χ0) is 7.72. The summed E-state index contributed by atoms with van der Waals surface area (Å²) in [6.07, 6.45) is 1.70. The van der Waals surface area contributed by atoms with Gasteiger partial charge in [0.15, 0.2) is 5.03 Å². The molecule has 1 unspecified atom stereocenters. The second-order valence-electron chi connectivity index (χ2n) is 2.04. The molecule has 0 radical (unpaired) electrons. The molecule has 1 heterocycles. The molecule has 1 rings (SSSR count). The number of rotatable bonds is 1. The van der Waals surface area contributed by atoms with Crippen molar-refractivity contribution in [2.75, 3.05) is 0 Å². The van der Waals surface area contributed by atoms with E-state index in [0.717, 1.165) is 5.56 Å². The maximum absolute atomic E-state index is 10.5. The van der Waals surface area contributed by atoms with Crippen molar-refractivity contribution in [3.63, 3.8) is 0 Å². The molecule has 0 spiro atoms. The Morgan fingerprint density at radius 1 is 1.73 bits per heavy atom. The van der Waals surface area contributed by atoms with Crippen LogP contribution in [0, 0.1) is 6.92 Å². The van der Waals surface area contributed by atoms with E-state index in [0.29, 0.717) is 0 Å². The summed E-state index contributed by atoms with van der Waals surface area (Å²) in [5.41, 5.74) is 0.739. The molecule has 0 aliphatic rings. The fourth-order valence-corrected chi connectivity index (χ4v) is 1.29. The number of hydrogen-bond donors (Lipinski definition) is 1. The molecule has 11 heavy (non-hydrogen) atoms. The Kier molecular flexibility index (Phi) is 4.50. The second-order valence-corrected chi connectivity index (χ2v) is 2.93. The minimum atomic E-state index is -1.95. The van der Waals surface area contributed by atoms with Gasteiger partial charge in [-0.2, -0.15) is 5.10 Å². The van der Waals surface area contributed by atoms with Crippen LogP contribution in [0.25, 0.3) is 0 Å². The van der Waals surface area contributed by atoms with Gasteiger partial charge in [-0.1, -0.05) is 0 Å². The average Bonchev–Trinajstić information content (AvgIpc) is 2.10. The van der Waals surface area contributed by atoms with Gasteiger partial charge in [-0.15, -0.1) is 0 Å². The Morgan fingerprint density at radius 2 is 2.27 bits per heavy atom. The molecule has 0 amide bonds. The summed E-state index contributed by atoms with van der Waals surface area (Å²) < 4.78 is 20.6. The third kappa shape index (κ3) is 2.68. The van der Waals surface area contributed by atoms with Crippen LogP contribution in [0.3, 0.4) is 0 Å². The topological polar surface area (TPSA) is 55.1 Å². The van der Waals surface area contributed by atoms with Gasteiger partial charge >= 0.3 is 29.6 Å². The summed E-state index contributed by atoms with van der Waals surface area (Å²) in [4.78, 5) is 0. The fourth-order valence-electron chi connectivity index (χ4n) is 0.759. The van der Waals surface area contributed by atoms with Crippen LogP contribution in [0.15, 0.2) is 11.2 Å². The summed E-state index contributed by atoms with van der Waals surface area (Å²) in [6, 6.07) is 0. The Morgan fingerprint density at radius 3 is 2.45 bits per heavy atom. The molecule has 4 nitrogen and oxygen atoms in total. The normalized spacial score (nSPS) is 12.3. The second kappa shape index (κ2) is 4.37. The van der Waals surface area contributed by atoms with E-state index in [9.17, 15) is 4.21 Å². The van der Waals surface area contributed by atoms with Gasteiger partial charge in [0, 0.05) is 18.8 Å². The van der Waals surface area contributed by atoms with Crippen LogP contribution >= 0.6 is 0 Å². The van der Waals surface area contributed by atoms with Gasteiger partial charge in [-0.25, -0.2) is 4.21 Å². The van der Waals surface area contributed by atoms with Gasteiger partial charge in [0.1, 0.15) is 0 Å². The van der Waals surface area contributed by atoms with Gasteiger partial charge in [-0.05, 0) is 6.92 Å². The number of aryl methyl sites for hydroxylation is 2. The molecule has 0 aliphatic heterocycles. The van der Waals surface area contributed by atoms with E-state index in [1.54, 1.807) is 20.2 Å². The van der Waals surface area contributed by atoms with Crippen LogP contribution in [-0.2, 0) is 18.1 Å². The Bertz CT molecular complexity index is 273. The molecule has 6 heteroatoms. The maximum atomic E-state index is 10.5. The predicted molar refractivity (Wildman–Crippen MR) is 44.1 cm³/mol. The van der Waals surface area contributed by atoms with E-state index in [4.69, 9.17) is 4.55 Å². The zero-order valence-electron chi connectivity index (χ0n) is 5.74. The van der Waals surface area contributed by atoms with Crippen LogP contribution in [0.5, 0.6) is 0 Å². The predicted octanol–water partition coefficient (Wildman–Crippen LogP) is -0.339. The van der Waals surface area contributed by atoms with E-state index in [1.165, 1.54) is 4.68 Å². The van der Waals surface area contributed by atoms with Gasteiger partial charge in [0.05, 0.1) is 0 Å². The number of nitrogens with zero attached hydrogens (tertiary/aromatic N) is 2. The van der Waals surface area contributed by atoms with Crippen LogP contribution in [0.1, 0.15) is 5.56 Å². The molecular formula is C5H9N2NaO2S. The summed E-state index contributed by atoms with van der Waals surface area (Å²) in [7, 11) is 1.71. The minimum absolute atomic E-state index is 0. The van der Waals surface area contributed by atoms with Crippen LogP contribution < -0.4 is 0 Å². The molecule has 1 aromatic heterocycles. The molecule has 0 fully saturated rings. The molecule has 58 valence electrons. The van der Waals surface area contributed by atoms with Crippen molar-refractivity contribution in [3.8, 4) is 0 Å². The average molecular weight is 184 g/mol. The first-order chi connectivity index (χ1) is 4.61. The fraction of sp³-hybridized carbons (Fsp3) is 0.400. The third-order valence-corrected chi connectivity index (χ3v) is 1.87. The van der Waals surface area contributed by atoms with Crippen molar-refractivity contribution in [2.45, 2.75) is 11.9 Å². The standard InChI is InChI=1S/C5H8N2O2S.Na.H/c1-4-3-7(2)6-5(4)10(8)9;;/h3H,1-2H3,(H,8,9);;. The summed E-state index contributed by atoms with van der Waals surface area (Å²) in [5.74, 6) is 0. The number of hydrogen-bond acceptors (Lipinski definition) is 2. The number of aromatic nitrogens is 2. The molecule has 0 bridgehead atoms. The van der Waals surface area contributed by atoms with Crippen LogP contribution in [0.4, 0.5) is 0 Å². The van der Waals surface area contributed by atoms with Crippen LogP contribution in [0.2, 0.25) is 0 Å². The van der Waals surface area contributed by atoms with Crippen molar-refractivity contribution in [1.82, 2.24) is 9.78 Å². The van der Waals surface area contributed by atoms with Crippen LogP contribution in [-0.4, -0.2) is 48.1 Å². The monoisotopic (exact) mass is 184 g/mol. The first-order valence-electron chi connectivity index (χ1n) is 2.72. The van der Waals surface area contributed by atoms with E-state index < -0.39 is 11.1 Å². The van der Waals surface area contributed by atoms with Crippen molar-refractivity contribution in [1.29, 1.82) is 0 Å².